The summed E-state index contributed by atoms with van der Waals surface area (Å²) in [5.41, 5.74) is 5.62. The maximum Gasteiger partial charge on any atom is 0.328 e. The van der Waals surface area contributed by atoms with Crippen LogP contribution in [0.1, 0.15) is 58.9 Å². The summed E-state index contributed by atoms with van der Waals surface area (Å²) >= 11 is 0. The van der Waals surface area contributed by atoms with Gasteiger partial charge in [-0.3, -0.25) is 9.59 Å². The van der Waals surface area contributed by atoms with Crippen LogP contribution in [0, 0.1) is 17.8 Å². The molecule has 1 fully saturated rings. The second-order valence-electron chi connectivity index (χ2n) is 10.0. The Labute approximate surface area is 203 Å². The first-order chi connectivity index (χ1) is 16.0. The van der Waals surface area contributed by atoms with Gasteiger partial charge in [0.25, 0.3) is 0 Å². The Bertz CT molecular complexity index is 823. The van der Waals surface area contributed by atoms with Crippen molar-refractivity contribution in [1.29, 1.82) is 0 Å². The molecule has 2 rings (SSSR count). The number of aliphatic hydroxyl groups is 1. The molecule has 1 saturated carbocycles. The molecule has 1 aromatic rings. The zero-order chi connectivity index (χ0) is 25.5. The normalized spacial score (nSPS) is 18.7. The number of carbonyl (C=O) groups is 3. The number of amides is 2. The third kappa shape index (κ3) is 6.36. The molecule has 0 heterocycles. The van der Waals surface area contributed by atoms with Crippen molar-refractivity contribution in [1.82, 2.24) is 10.6 Å². The highest BCUT2D eigenvalue weighted by molar-refractivity contribution is 5.95. The Kier molecular flexibility index (Phi) is 10.1. The minimum atomic E-state index is -1.73. The Morgan fingerprint density at radius 1 is 1.12 bits per heavy atom. The Balaban J connectivity index is 2.43. The molecule has 190 valence electrons. The summed E-state index contributed by atoms with van der Waals surface area (Å²) in [5, 5.41) is 17.2. The van der Waals surface area contributed by atoms with Crippen molar-refractivity contribution in [3.63, 3.8) is 0 Å². The number of hydrogen-bond acceptors (Lipinski definition) is 6. The van der Waals surface area contributed by atoms with Crippen molar-refractivity contribution in [2.75, 3.05) is 7.11 Å². The molecular formula is C26H41N3O5. The van der Waals surface area contributed by atoms with Gasteiger partial charge in [0.05, 0.1) is 7.11 Å². The predicted molar refractivity (Wildman–Crippen MR) is 131 cm³/mol. The first kappa shape index (κ1) is 27.8. The molecule has 1 aliphatic carbocycles. The maximum absolute atomic E-state index is 13.8. The second-order valence-corrected chi connectivity index (χ2v) is 10.0. The molecule has 5 N–H and O–H groups in total. The molecule has 2 amide bonds. The summed E-state index contributed by atoms with van der Waals surface area (Å²) in [5.74, 6) is -2.50. The van der Waals surface area contributed by atoms with Crippen LogP contribution in [0.4, 0.5) is 0 Å². The van der Waals surface area contributed by atoms with Gasteiger partial charge in [0.2, 0.25) is 11.8 Å². The number of nitrogens with one attached hydrogen (secondary N) is 2. The van der Waals surface area contributed by atoms with Gasteiger partial charge in [0.15, 0.2) is 0 Å². The van der Waals surface area contributed by atoms with Gasteiger partial charge >= 0.3 is 5.97 Å². The Morgan fingerprint density at radius 3 is 2.21 bits per heavy atom. The van der Waals surface area contributed by atoms with E-state index in [0.29, 0.717) is 6.42 Å². The molecule has 1 aromatic carbocycles. The minimum Gasteiger partial charge on any atom is -0.467 e. The maximum atomic E-state index is 13.8. The van der Waals surface area contributed by atoms with Gasteiger partial charge in [-0.25, -0.2) is 4.79 Å². The largest absolute Gasteiger partial charge is 0.467 e. The van der Waals surface area contributed by atoms with Crippen molar-refractivity contribution < 1.29 is 24.2 Å². The number of rotatable bonds is 11. The van der Waals surface area contributed by atoms with Crippen LogP contribution in [0.5, 0.6) is 0 Å². The molecule has 0 aliphatic heterocycles. The molecule has 4 atom stereocenters. The van der Waals surface area contributed by atoms with Crippen LogP contribution in [0.25, 0.3) is 0 Å². The number of hydrogen-bond donors (Lipinski definition) is 4. The summed E-state index contributed by atoms with van der Waals surface area (Å²) < 4.78 is 4.87. The quantitative estimate of drug-likeness (QED) is 0.362. The van der Waals surface area contributed by atoms with Gasteiger partial charge < -0.3 is 26.2 Å². The van der Waals surface area contributed by atoms with Crippen LogP contribution in [0.15, 0.2) is 30.3 Å². The van der Waals surface area contributed by atoms with Gasteiger partial charge in [-0.15, -0.1) is 0 Å². The standard InChI is InChI=1S/C26H41N3O5/c1-16(2)21(24(32)34-5)28-25(33)26(17(3)4,29-23(31)19-13-9-10-14-19)22(30)20(27)15-18-11-7-6-8-12-18/h6-8,11-12,16-17,19-22,30H,9-10,13-15,27H2,1-5H3,(H,28,33)(H,29,31)/t20?,21?,22?,26-/m1/s1. The lowest BCUT2D eigenvalue weighted by molar-refractivity contribution is -0.151. The first-order valence-corrected chi connectivity index (χ1v) is 12.2. The van der Waals surface area contributed by atoms with Crippen LogP contribution in [0.2, 0.25) is 0 Å². The lowest BCUT2D eigenvalue weighted by Gasteiger charge is -2.44. The van der Waals surface area contributed by atoms with Gasteiger partial charge in [0, 0.05) is 12.0 Å². The van der Waals surface area contributed by atoms with Gasteiger partial charge in [-0.1, -0.05) is 70.9 Å². The summed E-state index contributed by atoms with van der Waals surface area (Å²) in [6.45, 7) is 7.09. The fourth-order valence-corrected chi connectivity index (χ4v) is 4.73. The van der Waals surface area contributed by atoms with E-state index < -0.39 is 41.5 Å². The summed E-state index contributed by atoms with van der Waals surface area (Å²) in [4.78, 5) is 39.4. The minimum absolute atomic E-state index is 0.218. The van der Waals surface area contributed by atoms with E-state index in [1.54, 1.807) is 27.7 Å². The van der Waals surface area contributed by atoms with Crippen LogP contribution in [-0.4, -0.2) is 53.7 Å². The summed E-state index contributed by atoms with van der Waals surface area (Å²) in [6, 6.07) is 7.66. The molecule has 0 saturated heterocycles. The fraction of sp³-hybridized carbons (Fsp3) is 0.654. The highest BCUT2D eigenvalue weighted by atomic mass is 16.5. The van der Waals surface area contributed by atoms with E-state index in [-0.39, 0.29) is 17.7 Å². The molecule has 8 heteroatoms. The number of aliphatic hydroxyl groups excluding tert-OH is 1. The predicted octanol–water partition coefficient (Wildman–Crippen LogP) is 1.93. The molecule has 8 nitrogen and oxygen atoms in total. The van der Waals surface area contributed by atoms with Crippen molar-refractivity contribution in [3.05, 3.63) is 35.9 Å². The summed E-state index contributed by atoms with van der Waals surface area (Å²) in [7, 11) is 1.26. The lowest BCUT2D eigenvalue weighted by Crippen LogP contribution is -2.73. The van der Waals surface area contributed by atoms with Crippen molar-refractivity contribution in [3.8, 4) is 0 Å². The van der Waals surface area contributed by atoms with Gasteiger partial charge in [-0.05, 0) is 36.7 Å². The van der Waals surface area contributed by atoms with E-state index >= 15 is 0 Å². The van der Waals surface area contributed by atoms with E-state index in [1.165, 1.54) is 7.11 Å². The third-order valence-electron chi connectivity index (χ3n) is 6.94. The van der Waals surface area contributed by atoms with E-state index in [2.05, 4.69) is 10.6 Å². The van der Waals surface area contributed by atoms with Crippen molar-refractivity contribution in [2.24, 2.45) is 23.5 Å². The van der Waals surface area contributed by atoms with Gasteiger partial charge in [-0.2, -0.15) is 0 Å². The zero-order valence-corrected chi connectivity index (χ0v) is 21.0. The average molecular weight is 476 g/mol. The van der Waals surface area contributed by atoms with Crippen molar-refractivity contribution >= 4 is 17.8 Å². The molecule has 0 bridgehead atoms. The van der Waals surface area contributed by atoms with E-state index in [4.69, 9.17) is 10.5 Å². The topological polar surface area (TPSA) is 131 Å². The summed E-state index contributed by atoms with van der Waals surface area (Å²) in [6.07, 6.45) is 2.30. The second kappa shape index (κ2) is 12.3. The number of carbonyl (C=O) groups excluding carboxylic acids is 3. The Morgan fingerprint density at radius 2 is 1.71 bits per heavy atom. The Hall–Kier alpha value is -2.45. The number of benzene rings is 1. The number of esters is 1. The first-order valence-electron chi connectivity index (χ1n) is 12.2. The van der Waals surface area contributed by atoms with Crippen LogP contribution >= 0.6 is 0 Å². The number of nitrogens with two attached hydrogens (primary N) is 1. The SMILES string of the molecule is COC(=O)C(NC(=O)[C@@](NC(=O)C1CCCC1)(C(C)C)C(O)C(N)Cc1ccccc1)C(C)C. The average Bonchev–Trinajstić information content (AvgIpc) is 3.35. The molecular weight excluding hydrogens is 434 g/mol. The van der Waals surface area contributed by atoms with Crippen LogP contribution in [-0.2, 0) is 25.5 Å². The van der Waals surface area contributed by atoms with E-state index in [9.17, 15) is 19.5 Å². The number of methoxy groups -OCH3 is 1. The highest BCUT2D eigenvalue weighted by Gasteiger charge is 2.52. The van der Waals surface area contributed by atoms with Gasteiger partial charge in [0.1, 0.15) is 17.7 Å². The zero-order valence-electron chi connectivity index (χ0n) is 21.0. The molecule has 0 spiro atoms. The number of ether oxygens (including phenoxy) is 1. The molecule has 34 heavy (non-hydrogen) atoms. The fourth-order valence-electron chi connectivity index (χ4n) is 4.73. The lowest BCUT2D eigenvalue weighted by atomic mass is 9.75. The van der Waals surface area contributed by atoms with E-state index in [1.807, 2.05) is 30.3 Å². The van der Waals surface area contributed by atoms with Crippen LogP contribution < -0.4 is 16.4 Å². The van der Waals surface area contributed by atoms with Crippen LogP contribution in [0.3, 0.4) is 0 Å². The molecule has 3 unspecified atom stereocenters. The van der Waals surface area contributed by atoms with Crippen molar-refractivity contribution in [2.45, 2.75) is 83.5 Å². The molecule has 0 aromatic heterocycles. The molecule has 0 radical (unpaired) electrons. The van der Waals surface area contributed by atoms with E-state index in [0.717, 1.165) is 31.2 Å². The monoisotopic (exact) mass is 475 g/mol. The highest BCUT2D eigenvalue weighted by Crippen LogP contribution is 2.30. The molecule has 1 aliphatic rings. The smallest absolute Gasteiger partial charge is 0.328 e. The third-order valence-corrected chi connectivity index (χ3v) is 6.94.